The Kier molecular flexibility index (Phi) is 7.87. The van der Waals surface area contributed by atoms with Crippen molar-refractivity contribution in [1.29, 1.82) is 0 Å². The molecule has 186 valence electrons. The molecule has 4 nitrogen and oxygen atoms in total. The van der Waals surface area contributed by atoms with E-state index in [1.165, 1.54) is 6.07 Å². The molecule has 2 aromatic rings. The fraction of sp³-hybridized carbons (Fsp3) is 0.519. The predicted octanol–water partition coefficient (Wildman–Crippen LogP) is 8.27. The van der Waals surface area contributed by atoms with Gasteiger partial charge in [-0.25, -0.2) is 9.38 Å². The van der Waals surface area contributed by atoms with Crippen LogP contribution >= 0.6 is 23.3 Å². The van der Waals surface area contributed by atoms with E-state index in [9.17, 15) is 8.96 Å². The third-order valence-corrected chi connectivity index (χ3v) is 10.8. The van der Waals surface area contributed by atoms with Crippen LogP contribution in [-0.2, 0) is 20.2 Å². The average Bonchev–Trinajstić information content (AvgIpc) is 3.10. The Bertz CT molecular complexity index is 1080. The number of nitrogens with zero attached hydrogens (tertiary/aromatic N) is 1. The van der Waals surface area contributed by atoms with Crippen LogP contribution in [-0.4, -0.2) is 35.0 Å². The van der Waals surface area contributed by atoms with E-state index in [1.807, 2.05) is 78.8 Å². The molecule has 3 rings (SSSR count). The summed E-state index contributed by atoms with van der Waals surface area (Å²) >= 11 is 3.30. The highest BCUT2D eigenvalue weighted by Gasteiger charge is 2.49. The highest BCUT2D eigenvalue weighted by atomic mass is 79.9. The van der Waals surface area contributed by atoms with Gasteiger partial charge in [0.25, 0.3) is 0 Å². The maximum absolute atomic E-state index is 14.3. The second-order valence-electron chi connectivity index (χ2n) is 11.1. The summed E-state index contributed by atoms with van der Waals surface area (Å²) in [6, 6.07) is 13.0. The molecule has 0 amide bonds. The Morgan fingerprint density at radius 1 is 1.09 bits per heavy atom. The van der Waals surface area contributed by atoms with E-state index in [4.69, 9.17) is 14.3 Å². The van der Waals surface area contributed by atoms with Crippen LogP contribution in [0.2, 0.25) is 0 Å². The Morgan fingerprint density at radius 2 is 1.71 bits per heavy atom. The molecule has 0 saturated heterocycles. The van der Waals surface area contributed by atoms with Crippen LogP contribution in [0.1, 0.15) is 60.5 Å². The molecule has 1 heterocycles. The first-order valence-electron chi connectivity index (χ1n) is 11.6. The molecule has 1 unspecified atom stereocenters. The lowest BCUT2D eigenvalue weighted by atomic mass is 9.93. The first-order chi connectivity index (χ1) is 15.7. The number of benzene rings is 2. The number of hydrogen-bond donors (Lipinski definition) is 0. The summed E-state index contributed by atoms with van der Waals surface area (Å²) in [5.41, 5.74) is 1.95. The molecular weight excluding hydrogens is 516 g/mol. The van der Waals surface area contributed by atoms with E-state index in [1.54, 1.807) is 6.07 Å². The largest absolute Gasteiger partial charge is 0.479 e. The van der Waals surface area contributed by atoms with Crippen LogP contribution < -0.4 is 0 Å². The lowest BCUT2D eigenvalue weighted by Crippen LogP contribution is -2.38. The molecular formula is C27H36BrFNO3P. The summed E-state index contributed by atoms with van der Waals surface area (Å²) in [4.78, 5) is 4.78. The molecule has 1 aliphatic rings. The highest BCUT2D eigenvalue weighted by Crippen LogP contribution is 2.67. The molecule has 0 bridgehead atoms. The number of halogens is 2. The monoisotopic (exact) mass is 551 g/mol. The minimum Gasteiger partial charge on any atom is -0.479 e. The van der Waals surface area contributed by atoms with E-state index < -0.39 is 23.2 Å². The summed E-state index contributed by atoms with van der Waals surface area (Å²) in [6.07, 6.45) is 1.45. The fourth-order valence-electron chi connectivity index (χ4n) is 4.47. The van der Waals surface area contributed by atoms with Gasteiger partial charge in [0, 0.05) is 27.3 Å². The minimum atomic E-state index is -3.01. The van der Waals surface area contributed by atoms with Gasteiger partial charge in [0.15, 0.2) is 5.90 Å². The topological polar surface area (TPSA) is 47.9 Å². The normalized spacial score (nSPS) is 19.1. The number of hydrogen-bond acceptors (Lipinski definition) is 4. The summed E-state index contributed by atoms with van der Waals surface area (Å²) < 4.78 is 41.1. The predicted molar refractivity (Wildman–Crippen MR) is 143 cm³/mol. The zero-order chi connectivity index (χ0) is 25.4. The molecule has 0 aromatic heterocycles. The maximum atomic E-state index is 14.3. The van der Waals surface area contributed by atoms with E-state index in [2.05, 4.69) is 15.9 Å². The second-order valence-corrected chi connectivity index (χ2v) is 16.1. The van der Waals surface area contributed by atoms with Gasteiger partial charge in [-0.05, 0) is 36.1 Å². The van der Waals surface area contributed by atoms with Crippen molar-refractivity contribution >= 4 is 29.2 Å². The Morgan fingerprint density at radius 3 is 2.21 bits per heavy atom. The summed E-state index contributed by atoms with van der Waals surface area (Å²) in [7, 11) is -3.01. The van der Waals surface area contributed by atoms with E-state index >= 15 is 0 Å². The van der Waals surface area contributed by atoms with Gasteiger partial charge in [0.2, 0.25) is 7.37 Å². The first kappa shape index (κ1) is 27.1. The molecule has 34 heavy (non-hydrogen) atoms. The van der Waals surface area contributed by atoms with Gasteiger partial charge in [-0.2, -0.15) is 0 Å². The minimum absolute atomic E-state index is 0.248. The van der Waals surface area contributed by atoms with Gasteiger partial charge in [0.05, 0.1) is 6.61 Å². The van der Waals surface area contributed by atoms with E-state index in [0.29, 0.717) is 24.5 Å². The number of aryl methyl sites for hydroxylation is 1. The lowest BCUT2D eigenvalue weighted by Gasteiger charge is -2.41. The van der Waals surface area contributed by atoms with Gasteiger partial charge < -0.3 is 9.26 Å². The van der Waals surface area contributed by atoms with Gasteiger partial charge in [-0.3, -0.25) is 4.57 Å². The summed E-state index contributed by atoms with van der Waals surface area (Å²) in [5.74, 6) is 0.374. The standard InChI is InChI=1S/C27H36BrFNO3P/c1-19-30-27(17-32-19,18-33-34(31,25(2,3)4)26(5,6)7)15-14-20-8-10-21(11-9-20)23-13-12-22(28)16-24(23)29/h8-13,16H,14-15,17-18H2,1-7H3. The maximum Gasteiger partial charge on any atom is 0.213 e. The third kappa shape index (κ3) is 5.83. The van der Waals surface area contributed by atoms with Crippen LogP contribution in [0.5, 0.6) is 0 Å². The van der Waals surface area contributed by atoms with Crippen molar-refractivity contribution in [2.24, 2.45) is 4.99 Å². The van der Waals surface area contributed by atoms with Crippen LogP contribution in [0.15, 0.2) is 51.9 Å². The smallest absolute Gasteiger partial charge is 0.213 e. The molecule has 0 radical (unpaired) electrons. The van der Waals surface area contributed by atoms with Crippen LogP contribution in [0, 0.1) is 5.82 Å². The molecule has 2 aromatic carbocycles. The Labute approximate surface area is 211 Å². The first-order valence-corrected chi connectivity index (χ1v) is 14.1. The number of rotatable bonds is 7. The van der Waals surface area contributed by atoms with Crippen molar-refractivity contribution in [2.45, 2.75) is 77.2 Å². The van der Waals surface area contributed by atoms with Crippen molar-refractivity contribution in [1.82, 2.24) is 0 Å². The summed E-state index contributed by atoms with van der Waals surface area (Å²) in [5, 5.41) is -0.967. The zero-order valence-corrected chi connectivity index (χ0v) is 23.7. The van der Waals surface area contributed by atoms with Gasteiger partial charge >= 0.3 is 0 Å². The van der Waals surface area contributed by atoms with Crippen molar-refractivity contribution in [3.8, 4) is 11.1 Å². The van der Waals surface area contributed by atoms with Crippen molar-refractivity contribution in [3.63, 3.8) is 0 Å². The van der Waals surface area contributed by atoms with Crippen molar-refractivity contribution < 1.29 is 18.2 Å². The second kappa shape index (κ2) is 9.87. The van der Waals surface area contributed by atoms with Crippen molar-refractivity contribution in [3.05, 3.63) is 58.3 Å². The molecule has 0 saturated carbocycles. The SMILES string of the molecule is CC1=NC(CCc2ccc(-c3ccc(Br)cc3F)cc2)(COP(=O)(C(C)(C)C)C(C)(C)C)CO1. The molecule has 7 heteroatoms. The van der Waals surface area contributed by atoms with Gasteiger partial charge in [-0.1, -0.05) is 87.8 Å². The van der Waals surface area contributed by atoms with Crippen LogP contribution in [0.3, 0.4) is 0 Å². The van der Waals surface area contributed by atoms with Crippen LogP contribution in [0.25, 0.3) is 11.1 Å². The van der Waals surface area contributed by atoms with Crippen LogP contribution in [0.4, 0.5) is 4.39 Å². The zero-order valence-electron chi connectivity index (χ0n) is 21.2. The quantitative estimate of drug-likeness (QED) is 0.325. The Hall–Kier alpha value is -1.49. The number of aliphatic imine (C=N–C) groups is 1. The number of ether oxygens (including phenoxy) is 1. The average molecular weight is 552 g/mol. The van der Waals surface area contributed by atoms with E-state index in [0.717, 1.165) is 22.0 Å². The molecule has 0 N–H and O–H groups in total. The van der Waals surface area contributed by atoms with E-state index in [-0.39, 0.29) is 12.4 Å². The molecule has 1 atom stereocenters. The lowest BCUT2D eigenvalue weighted by molar-refractivity contribution is 0.158. The molecule has 0 aliphatic carbocycles. The van der Waals surface area contributed by atoms with Gasteiger partial charge in [-0.15, -0.1) is 0 Å². The third-order valence-electron chi connectivity index (χ3n) is 6.30. The molecule has 0 fully saturated rings. The Balaban J connectivity index is 1.75. The van der Waals surface area contributed by atoms with Gasteiger partial charge in [0.1, 0.15) is 18.0 Å². The molecule has 1 aliphatic heterocycles. The van der Waals surface area contributed by atoms with Crippen molar-refractivity contribution in [2.75, 3.05) is 13.2 Å². The fourth-order valence-corrected chi connectivity index (χ4v) is 8.01. The summed E-state index contributed by atoms with van der Waals surface area (Å²) in [6.45, 7) is 14.3. The highest BCUT2D eigenvalue weighted by molar-refractivity contribution is 9.10. The molecule has 0 spiro atoms.